The van der Waals surface area contributed by atoms with E-state index in [-0.39, 0.29) is 18.1 Å². The number of rotatable bonds is 7. The number of nitrogens with one attached hydrogen (secondary N) is 3. The highest BCUT2D eigenvalue weighted by molar-refractivity contribution is 6.04. The van der Waals surface area contributed by atoms with E-state index >= 15 is 0 Å². The summed E-state index contributed by atoms with van der Waals surface area (Å²) in [5.74, 6) is 0.337. The van der Waals surface area contributed by atoms with E-state index in [1.807, 2.05) is 48.5 Å². The number of anilines is 2. The lowest BCUT2D eigenvalue weighted by Crippen LogP contribution is -2.28. The van der Waals surface area contributed by atoms with Crippen LogP contribution in [0.1, 0.15) is 56.1 Å². The molecule has 4 rings (SSSR count). The molecular formula is C24H29N3O2. The third kappa shape index (κ3) is 4.85. The molecule has 2 aromatic carbocycles. The van der Waals surface area contributed by atoms with Gasteiger partial charge in [-0.05, 0) is 68.7 Å². The molecule has 2 fully saturated rings. The molecule has 152 valence electrons. The zero-order valence-electron chi connectivity index (χ0n) is 16.9. The number of carbonyl (C=O) groups is 1. The number of carbonyl (C=O) groups excluding carboxylic acids is 1. The molecule has 5 heteroatoms. The third-order valence-corrected chi connectivity index (χ3v) is 5.72. The third-order valence-electron chi connectivity index (χ3n) is 5.72. The van der Waals surface area contributed by atoms with Crippen LogP contribution in [0.4, 0.5) is 11.4 Å². The van der Waals surface area contributed by atoms with Gasteiger partial charge in [0.15, 0.2) is 0 Å². The summed E-state index contributed by atoms with van der Waals surface area (Å²) >= 11 is 0. The number of benzene rings is 2. The summed E-state index contributed by atoms with van der Waals surface area (Å²) in [6, 6.07) is 15.8. The number of hydrogen-bond donors (Lipinski definition) is 3. The molecule has 1 aliphatic heterocycles. The second-order valence-corrected chi connectivity index (χ2v) is 8.10. The molecule has 1 heterocycles. The van der Waals surface area contributed by atoms with Gasteiger partial charge >= 0.3 is 0 Å². The molecule has 0 bridgehead atoms. The SMILES string of the molecule is CC(=N)c1cc(NC(=O)C(c2ccccc2)C2CC2)ccc1NC1CCCCO1. The van der Waals surface area contributed by atoms with E-state index in [0.29, 0.717) is 11.6 Å². The summed E-state index contributed by atoms with van der Waals surface area (Å²) < 4.78 is 5.77. The highest BCUT2D eigenvalue weighted by Crippen LogP contribution is 2.43. The van der Waals surface area contributed by atoms with Crippen molar-refractivity contribution in [3.8, 4) is 0 Å². The van der Waals surface area contributed by atoms with Gasteiger partial charge in [-0.25, -0.2) is 0 Å². The van der Waals surface area contributed by atoms with E-state index in [4.69, 9.17) is 10.1 Å². The van der Waals surface area contributed by atoms with Crippen LogP contribution in [0.3, 0.4) is 0 Å². The van der Waals surface area contributed by atoms with Crippen LogP contribution in [0, 0.1) is 11.3 Å². The van der Waals surface area contributed by atoms with Crippen molar-refractivity contribution in [3.63, 3.8) is 0 Å². The largest absolute Gasteiger partial charge is 0.360 e. The molecule has 1 aliphatic carbocycles. The molecule has 2 aliphatic rings. The van der Waals surface area contributed by atoms with Crippen LogP contribution in [0.25, 0.3) is 0 Å². The number of amides is 1. The van der Waals surface area contributed by atoms with Gasteiger partial charge in [0.2, 0.25) is 5.91 Å². The Labute approximate surface area is 172 Å². The molecule has 0 aromatic heterocycles. The minimum Gasteiger partial charge on any atom is -0.360 e. The average Bonchev–Trinajstić information content (AvgIpc) is 3.56. The lowest BCUT2D eigenvalue weighted by Gasteiger charge is -2.26. The fourth-order valence-electron chi connectivity index (χ4n) is 4.03. The molecule has 1 amide bonds. The summed E-state index contributed by atoms with van der Waals surface area (Å²) in [7, 11) is 0. The van der Waals surface area contributed by atoms with Gasteiger partial charge in [-0.2, -0.15) is 0 Å². The normalized spacial score (nSPS) is 20.0. The van der Waals surface area contributed by atoms with E-state index in [1.165, 1.54) is 0 Å². The molecule has 3 N–H and O–H groups in total. The Hall–Kier alpha value is -2.66. The maximum atomic E-state index is 13.1. The lowest BCUT2D eigenvalue weighted by molar-refractivity contribution is -0.118. The first-order chi connectivity index (χ1) is 14.1. The molecule has 1 saturated carbocycles. The van der Waals surface area contributed by atoms with Gasteiger partial charge in [-0.15, -0.1) is 0 Å². The fraction of sp³-hybridized carbons (Fsp3) is 0.417. The van der Waals surface area contributed by atoms with Crippen molar-refractivity contribution in [1.29, 1.82) is 5.41 Å². The van der Waals surface area contributed by atoms with Crippen LogP contribution in [-0.2, 0) is 9.53 Å². The molecule has 2 atom stereocenters. The van der Waals surface area contributed by atoms with E-state index in [0.717, 1.165) is 61.2 Å². The van der Waals surface area contributed by atoms with Gasteiger partial charge in [0.25, 0.3) is 0 Å². The summed E-state index contributed by atoms with van der Waals surface area (Å²) in [6.45, 7) is 2.54. The Morgan fingerprint density at radius 1 is 1.10 bits per heavy atom. The fourth-order valence-corrected chi connectivity index (χ4v) is 4.03. The van der Waals surface area contributed by atoms with Gasteiger partial charge < -0.3 is 20.8 Å². The molecule has 2 aromatic rings. The molecule has 5 nitrogen and oxygen atoms in total. The Kier molecular flexibility index (Phi) is 5.95. The van der Waals surface area contributed by atoms with Crippen molar-refractivity contribution in [1.82, 2.24) is 0 Å². The van der Waals surface area contributed by atoms with Crippen LogP contribution in [0.2, 0.25) is 0 Å². The Balaban J connectivity index is 1.51. The standard InChI is InChI=1S/C24H29N3O2/c1-16(25)20-15-19(12-13-21(20)27-22-9-5-6-14-29-22)26-24(28)23(18-10-11-18)17-7-3-2-4-8-17/h2-4,7-8,12-13,15,18,22-23,25,27H,5-6,9-11,14H2,1H3,(H,26,28). The molecule has 1 saturated heterocycles. The lowest BCUT2D eigenvalue weighted by atomic mass is 9.93. The highest BCUT2D eigenvalue weighted by atomic mass is 16.5. The maximum Gasteiger partial charge on any atom is 0.232 e. The van der Waals surface area contributed by atoms with Gasteiger partial charge in [0.05, 0.1) is 5.92 Å². The predicted octanol–water partition coefficient (Wildman–Crippen LogP) is 5.15. The second kappa shape index (κ2) is 8.78. The zero-order valence-corrected chi connectivity index (χ0v) is 16.9. The Bertz CT molecular complexity index is 871. The van der Waals surface area contributed by atoms with Crippen molar-refractivity contribution < 1.29 is 9.53 Å². The van der Waals surface area contributed by atoms with E-state index in [1.54, 1.807) is 6.92 Å². The van der Waals surface area contributed by atoms with E-state index < -0.39 is 0 Å². The van der Waals surface area contributed by atoms with Crippen molar-refractivity contribution in [2.75, 3.05) is 17.2 Å². The van der Waals surface area contributed by atoms with Gasteiger partial charge in [0.1, 0.15) is 6.23 Å². The molecule has 0 spiro atoms. The van der Waals surface area contributed by atoms with Gasteiger partial charge in [-0.1, -0.05) is 30.3 Å². The van der Waals surface area contributed by atoms with Crippen molar-refractivity contribution in [2.45, 2.75) is 51.2 Å². The van der Waals surface area contributed by atoms with Crippen LogP contribution in [-0.4, -0.2) is 24.5 Å². The number of ether oxygens (including phenoxy) is 1. The van der Waals surface area contributed by atoms with Crippen molar-refractivity contribution in [2.24, 2.45) is 5.92 Å². The predicted molar refractivity (Wildman–Crippen MR) is 117 cm³/mol. The van der Waals surface area contributed by atoms with E-state index in [2.05, 4.69) is 10.6 Å². The van der Waals surface area contributed by atoms with Crippen molar-refractivity contribution in [3.05, 3.63) is 59.7 Å². The van der Waals surface area contributed by atoms with Gasteiger partial charge in [0, 0.05) is 29.3 Å². The summed E-state index contributed by atoms with van der Waals surface area (Å²) in [4.78, 5) is 13.1. The maximum absolute atomic E-state index is 13.1. The smallest absolute Gasteiger partial charge is 0.232 e. The van der Waals surface area contributed by atoms with Crippen LogP contribution < -0.4 is 10.6 Å². The topological polar surface area (TPSA) is 74.2 Å². The van der Waals surface area contributed by atoms with Crippen molar-refractivity contribution >= 4 is 23.0 Å². The summed E-state index contributed by atoms with van der Waals surface area (Å²) in [6.07, 6.45) is 5.40. The molecule has 2 unspecified atom stereocenters. The Morgan fingerprint density at radius 3 is 2.55 bits per heavy atom. The van der Waals surface area contributed by atoms with Crippen LogP contribution in [0.15, 0.2) is 48.5 Å². The second-order valence-electron chi connectivity index (χ2n) is 8.10. The summed E-state index contributed by atoms with van der Waals surface area (Å²) in [5.41, 5.74) is 3.93. The first-order valence-electron chi connectivity index (χ1n) is 10.6. The monoisotopic (exact) mass is 391 g/mol. The Morgan fingerprint density at radius 2 is 1.90 bits per heavy atom. The zero-order chi connectivity index (χ0) is 20.2. The molecule has 29 heavy (non-hydrogen) atoms. The number of hydrogen-bond acceptors (Lipinski definition) is 4. The average molecular weight is 392 g/mol. The minimum atomic E-state index is -0.117. The summed E-state index contributed by atoms with van der Waals surface area (Å²) in [5, 5.41) is 14.7. The van der Waals surface area contributed by atoms with Crippen LogP contribution in [0.5, 0.6) is 0 Å². The minimum absolute atomic E-state index is 0.0142. The first kappa shape index (κ1) is 19.6. The van der Waals surface area contributed by atoms with E-state index in [9.17, 15) is 4.79 Å². The molecular weight excluding hydrogens is 362 g/mol. The molecule has 0 radical (unpaired) electrons. The van der Waals surface area contributed by atoms with Crippen LogP contribution >= 0.6 is 0 Å². The highest BCUT2D eigenvalue weighted by Gasteiger charge is 2.37. The van der Waals surface area contributed by atoms with Gasteiger partial charge in [-0.3, -0.25) is 4.79 Å². The quantitative estimate of drug-likeness (QED) is 0.572. The first-order valence-corrected chi connectivity index (χ1v) is 10.6.